The van der Waals surface area contributed by atoms with Gasteiger partial charge in [0.05, 0.1) is 6.04 Å². The van der Waals surface area contributed by atoms with Crippen molar-refractivity contribution in [3.05, 3.63) is 77.9 Å². The third-order valence-corrected chi connectivity index (χ3v) is 5.66. The minimum absolute atomic E-state index is 0.0361. The van der Waals surface area contributed by atoms with Crippen LogP contribution < -0.4 is 16.0 Å². The highest BCUT2D eigenvalue weighted by atomic mass is 16.4. The molecule has 0 aromatic heterocycles. The van der Waals surface area contributed by atoms with Crippen molar-refractivity contribution in [2.75, 3.05) is 5.32 Å². The number of allylic oxidation sites excluding steroid dienone is 2. The van der Waals surface area contributed by atoms with Crippen LogP contribution in [0.25, 0.3) is 11.1 Å². The van der Waals surface area contributed by atoms with Gasteiger partial charge in [0.2, 0.25) is 0 Å². The number of urea groups is 1. The Morgan fingerprint density at radius 3 is 2.06 bits per heavy atom. The lowest BCUT2D eigenvalue weighted by Crippen LogP contribution is -2.49. The number of hydrogen-bond acceptors (Lipinski definition) is 3. The van der Waals surface area contributed by atoms with E-state index < -0.39 is 17.4 Å². The zero-order chi connectivity index (χ0) is 24.2. The molecule has 2 unspecified atom stereocenters. The van der Waals surface area contributed by atoms with Crippen LogP contribution in [-0.4, -0.2) is 34.6 Å². The average Bonchev–Trinajstić information content (AvgIpc) is 2.76. The lowest BCUT2D eigenvalue weighted by atomic mass is 9.91. The van der Waals surface area contributed by atoms with Crippen molar-refractivity contribution in [3.63, 3.8) is 0 Å². The van der Waals surface area contributed by atoms with E-state index in [1.165, 1.54) is 13.8 Å². The third kappa shape index (κ3) is 5.88. The molecule has 33 heavy (non-hydrogen) atoms. The fraction of sp³-hybridized carbons (Fsp3) is 0.269. The molecule has 7 heteroatoms. The van der Waals surface area contributed by atoms with E-state index in [1.54, 1.807) is 24.3 Å². The van der Waals surface area contributed by atoms with Gasteiger partial charge < -0.3 is 21.1 Å². The van der Waals surface area contributed by atoms with Gasteiger partial charge in [0.15, 0.2) is 0 Å². The SMILES string of the molecule is CC1=CC=CC(C)C1NC(=O)Nc1ccc(-c2ccc(C(=O)NC(C)(C)C(=O)O)cc2)cc1. The van der Waals surface area contributed by atoms with E-state index in [2.05, 4.69) is 29.0 Å². The zero-order valence-electron chi connectivity index (χ0n) is 19.2. The molecule has 172 valence electrons. The fourth-order valence-electron chi connectivity index (χ4n) is 3.54. The summed E-state index contributed by atoms with van der Waals surface area (Å²) in [5, 5.41) is 17.5. The standard InChI is InChI=1S/C26H29N3O4/c1-16-6-5-7-17(2)22(16)28-25(33)27-21-14-12-19(13-15-21)18-8-10-20(11-9-18)23(30)29-26(3,4)24(31)32/h5-16,22H,1-4H3,(H,29,30)(H,31,32)(H2,27,28,33). The highest BCUT2D eigenvalue weighted by molar-refractivity contribution is 5.98. The van der Waals surface area contributed by atoms with Crippen LogP contribution in [0, 0.1) is 5.92 Å². The van der Waals surface area contributed by atoms with Crippen molar-refractivity contribution < 1.29 is 19.5 Å². The van der Waals surface area contributed by atoms with Crippen LogP contribution in [0.3, 0.4) is 0 Å². The van der Waals surface area contributed by atoms with Gasteiger partial charge in [0.1, 0.15) is 5.54 Å². The van der Waals surface area contributed by atoms with E-state index in [0.717, 1.165) is 16.7 Å². The highest BCUT2D eigenvalue weighted by Crippen LogP contribution is 2.23. The van der Waals surface area contributed by atoms with Crippen LogP contribution in [0.2, 0.25) is 0 Å². The van der Waals surface area contributed by atoms with Crippen LogP contribution in [0.4, 0.5) is 10.5 Å². The molecule has 0 heterocycles. The van der Waals surface area contributed by atoms with Crippen molar-refractivity contribution in [2.45, 2.75) is 39.3 Å². The van der Waals surface area contributed by atoms with Crippen LogP contribution >= 0.6 is 0 Å². The summed E-state index contributed by atoms with van der Waals surface area (Å²) in [5.41, 5.74) is 2.61. The molecule has 0 saturated carbocycles. The van der Waals surface area contributed by atoms with E-state index in [0.29, 0.717) is 11.3 Å². The summed E-state index contributed by atoms with van der Waals surface area (Å²) in [6.45, 7) is 6.93. The number of hydrogen-bond donors (Lipinski definition) is 4. The first-order chi connectivity index (χ1) is 15.6. The summed E-state index contributed by atoms with van der Waals surface area (Å²) < 4.78 is 0. The van der Waals surface area contributed by atoms with Crippen LogP contribution in [0.1, 0.15) is 38.1 Å². The van der Waals surface area contributed by atoms with Crippen molar-refractivity contribution in [2.24, 2.45) is 5.92 Å². The summed E-state index contributed by atoms with van der Waals surface area (Å²) in [6.07, 6.45) is 6.07. The Hall–Kier alpha value is -3.87. The van der Waals surface area contributed by atoms with Crippen LogP contribution in [0.5, 0.6) is 0 Å². The normalized spacial score (nSPS) is 17.6. The predicted octanol–water partition coefficient (Wildman–Crippen LogP) is 4.59. The van der Waals surface area contributed by atoms with Crippen molar-refractivity contribution >= 4 is 23.6 Å². The van der Waals surface area contributed by atoms with Gasteiger partial charge in [-0.05, 0) is 62.1 Å². The van der Waals surface area contributed by atoms with Crippen molar-refractivity contribution in [3.8, 4) is 11.1 Å². The molecule has 3 rings (SSSR count). The molecule has 0 fully saturated rings. The monoisotopic (exact) mass is 447 g/mol. The summed E-state index contributed by atoms with van der Waals surface area (Å²) in [6, 6.07) is 14.0. The van der Waals surface area contributed by atoms with Gasteiger partial charge >= 0.3 is 12.0 Å². The van der Waals surface area contributed by atoms with E-state index in [1.807, 2.05) is 43.3 Å². The van der Waals surface area contributed by atoms with Gasteiger partial charge in [-0.3, -0.25) is 4.79 Å². The molecule has 7 nitrogen and oxygen atoms in total. The topological polar surface area (TPSA) is 108 Å². The Balaban J connectivity index is 1.61. The van der Waals surface area contributed by atoms with E-state index in [4.69, 9.17) is 5.11 Å². The number of aliphatic carboxylic acids is 1. The first-order valence-electron chi connectivity index (χ1n) is 10.8. The Kier molecular flexibility index (Phi) is 7.01. The molecule has 0 radical (unpaired) electrons. The minimum atomic E-state index is -1.36. The zero-order valence-corrected chi connectivity index (χ0v) is 19.2. The fourth-order valence-corrected chi connectivity index (χ4v) is 3.54. The maximum absolute atomic E-state index is 12.4. The summed E-state index contributed by atoms with van der Waals surface area (Å²) in [4.78, 5) is 35.9. The van der Waals surface area contributed by atoms with Gasteiger partial charge in [-0.25, -0.2) is 9.59 Å². The number of anilines is 1. The summed E-state index contributed by atoms with van der Waals surface area (Å²) >= 11 is 0. The Labute approximate surface area is 193 Å². The largest absolute Gasteiger partial charge is 0.480 e. The molecule has 2 aromatic carbocycles. The number of carbonyl (C=O) groups excluding carboxylic acids is 2. The number of carbonyl (C=O) groups is 3. The maximum Gasteiger partial charge on any atom is 0.328 e. The predicted molar refractivity (Wildman–Crippen MR) is 129 cm³/mol. The first-order valence-corrected chi connectivity index (χ1v) is 10.8. The molecule has 3 amide bonds. The molecule has 0 bridgehead atoms. The molecule has 2 atom stereocenters. The Bertz CT molecular complexity index is 1100. The first kappa shape index (κ1) is 23.8. The molecule has 0 spiro atoms. The Morgan fingerprint density at radius 2 is 1.52 bits per heavy atom. The quantitative estimate of drug-likeness (QED) is 0.519. The van der Waals surface area contributed by atoms with Crippen LogP contribution in [0.15, 0.2) is 72.3 Å². The van der Waals surface area contributed by atoms with Gasteiger partial charge in [-0.1, -0.05) is 55.0 Å². The average molecular weight is 448 g/mol. The summed E-state index contributed by atoms with van der Waals surface area (Å²) in [5.74, 6) is -1.33. The van der Waals surface area contributed by atoms with E-state index in [-0.39, 0.29) is 18.0 Å². The summed E-state index contributed by atoms with van der Waals surface area (Å²) in [7, 11) is 0. The lowest BCUT2D eigenvalue weighted by Gasteiger charge is -2.26. The third-order valence-electron chi connectivity index (χ3n) is 5.66. The van der Waals surface area contributed by atoms with E-state index >= 15 is 0 Å². The molecule has 4 N–H and O–H groups in total. The Morgan fingerprint density at radius 1 is 0.939 bits per heavy atom. The number of rotatable bonds is 6. The maximum atomic E-state index is 12.4. The lowest BCUT2D eigenvalue weighted by molar-refractivity contribution is -0.143. The number of carboxylic acid groups (broad SMARTS) is 1. The van der Waals surface area contributed by atoms with Gasteiger partial charge in [0.25, 0.3) is 5.91 Å². The van der Waals surface area contributed by atoms with Crippen molar-refractivity contribution in [1.29, 1.82) is 0 Å². The number of carboxylic acids is 1. The molecule has 0 aliphatic heterocycles. The van der Waals surface area contributed by atoms with Gasteiger partial charge in [0, 0.05) is 11.3 Å². The molecule has 2 aromatic rings. The second-order valence-corrected chi connectivity index (χ2v) is 8.77. The number of nitrogens with one attached hydrogen (secondary N) is 3. The second-order valence-electron chi connectivity index (χ2n) is 8.77. The number of amides is 3. The van der Waals surface area contributed by atoms with Gasteiger partial charge in [-0.2, -0.15) is 0 Å². The molecular weight excluding hydrogens is 418 g/mol. The smallest absolute Gasteiger partial charge is 0.328 e. The van der Waals surface area contributed by atoms with Crippen molar-refractivity contribution in [1.82, 2.24) is 10.6 Å². The second kappa shape index (κ2) is 9.73. The molecule has 0 saturated heterocycles. The minimum Gasteiger partial charge on any atom is -0.480 e. The van der Waals surface area contributed by atoms with Crippen LogP contribution in [-0.2, 0) is 4.79 Å². The van der Waals surface area contributed by atoms with E-state index in [9.17, 15) is 14.4 Å². The van der Waals surface area contributed by atoms with Gasteiger partial charge in [-0.15, -0.1) is 0 Å². The molecular formula is C26H29N3O4. The highest BCUT2D eigenvalue weighted by Gasteiger charge is 2.29. The molecule has 1 aliphatic carbocycles. The number of benzene rings is 2. The molecule has 1 aliphatic rings.